The molecule has 1 aliphatic carbocycles. The molecule has 0 radical (unpaired) electrons. The van der Waals surface area contributed by atoms with Gasteiger partial charge < -0.3 is 10.3 Å². The van der Waals surface area contributed by atoms with Crippen LogP contribution in [0.15, 0.2) is 18.2 Å². The zero-order valence-electron chi connectivity index (χ0n) is 11.1. The third-order valence-corrected chi connectivity index (χ3v) is 4.24. The van der Waals surface area contributed by atoms with Gasteiger partial charge in [-0.3, -0.25) is 0 Å². The highest BCUT2D eigenvalue weighted by atomic mass is 15.2. The first-order valence-electron chi connectivity index (χ1n) is 6.88. The number of nitrogens with zero attached hydrogens (tertiary/aromatic N) is 3. The number of hydrogen-bond donors (Lipinski definition) is 1. The Morgan fingerprint density at radius 1 is 1.37 bits per heavy atom. The number of aromatic nitrogens is 2. The van der Waals surface area contributed by atoms with Crippen LogP contribution in [0.4, 0.5) is 5.95 Å². The van der Waals surface area contributed by atoms with Crippen molar-refractivity contribution in [2.75, 3.05) is 5.73 Å². The van der Waals surface area contributed by atoms with Gasteiger partial charge in [0.05, 0.1) is 22.7 Å². The molecule has 0 amide bonds. The molecule has 19 heavy (non-hydrogen) atoms. The van der Waals surface area contributed by atoms with Crippen molar-refractivity contribution in [2.24, 2.45) is 5.92 Å². The van der Waals surface area contributed by atoms with Gasteiger partial charge in [0, 0.05) is 6.04 Å². The van der Waals surface area contributed by atoms with Crippen molar-refractivity contribution in [1.82, 2.24) is 9.55 Å². The molecule has 0 aliphatic heterocycles. The minimum atomic E-state index is 0.410. The predicted molar refractivity (Wildman–Crippen MR) is 75.5 cm³/mol. The van der Waals surface area contributed by atoms with Crippen LogP contribution in [0.1, 0.15) is 44.2 Å². The van der Waals surface area contributed by atoms with Crippen LogP contribution in [0.5, 0.6) is 0 Å². The molecule has 2 aromatic rings. The zero-order chi connectivity index (χ0) is 13.4. The van der Waals surface area contributed by atoms with Crippen molar-refractivity contribution in [1.29, 1.82) is 5.26 Å². The van der Waals surface area contributed by atoms with Gasteiger partial charge in [0.15, 0.2) is 0 Å². The van der Waals surface area contributed by atoms with E-state index in [0.29, 0.717) is 23.5 Å². The van der Waals surface area contributed by atoms with E-state index in [1.807, 2.05) is 12.1 Å². The lowest BCUT2D eigenvalue weighted by Crippen LogP contribution is -2.22. The molecule has 98 valence electrons. The highest BCUT2D eigenvalue weighted by Crippen LogP contribution is 2.37. The topological polar surface area (TPSA) is 67.6 Å². The minimum absolute atomic E-state index is 0.410. The van der Waals surface area contributed by atoms with Crippen LogP contribution in [0.25, 0.3) is 11.0 Å². The number of hydrogen-bond acceptors (Lipinski definition) is 3. The molecule has 1 aromatic carbocycles. The lowest BCUT2D eigenvalue weighted by atomic mass is 9.85. The normalized spacial score (nSPS) is 23.4. The second kappa shape index (κ2) is 4.58. The van der Waals surface area contributed by atoms with E-state index in [9.17, 15) is 0 Å². The molecular weight excluding hydrogens is 236 g/mol. The van der Waals surface area contributed by atoms with Crippen molar-refractivity contribution in [3.63, 3.8) is 0 Å². The minimum Gasteiger partial charge on any atom is -0.369 e. The first kappa shape index (κ1) is 12.0. The Balaban J connectivity index is 2.16. The maximum atomic E-state index is 9.05. The molecule has 1 aliphatic rings. The molecule has 2 N–H and O–H groups in total. The molecule has 4 nitrogen and oxygen atoms in total. The van der Waals surface area contributed by atoms with Crippen molar-refractivity contribution >= 4 is 17.0 Å². The Kier molecular flexibility index (Phi) is 2.90. The summed E-state index contributed by atoms with van der Waals surface area (Å²) in [7, 11) is 0. The van der Waals surface area contributed by atoms with Gasteiger partial charge in [-0.15, -0.1) is 0 Å². The number of rotatable bonds is 1. The average molecular weight is 254 g/mol. The summed E-state index contributed by atoms with van der Waals surface area (Å²) in [6, 6.07) is 8.18. The Bertz CT molecular complexity index is 650. The van der Waals surface area contributed by atoms with E-state index in [1.165, 1.54) is 19.3 Å². The highest BCUT2D eigenvalue weighted by Gasteiger charge is 2.26. The zero-order valence-corrected chi connectivity index (χ0v) is 11.1. The Hall–Kier alpha value is -2.02. The van der Waals surface area contributed by atoms with Gasteiger partial charge >= 0.3 is 0 Å². The molecule has 4 heteroatoms. The fraction of sp³-hybridized carbons (Fsp3) is 0.467. The number of imidazole rings is 1. The van der Waals surface area contributed by atoms with Crippen molar-refractivity contribution in [2.45, 2.75) is 38.6 Å². The van der Waals surface area contributed by atoms with E-state index in [1.54, 1.807) is 6.07 Å². The second-order valence-corrected chi connectivity index (χ2v) is 5.48. The summed E-state index contributed by atoms with van der Waals surface area (Å²) in [5.74, 6) is 1.18. The van der Waals surface area contributed by atoms with E-state index in [2.05, 4.69) is 22.5 Å². The maximum absolute atomic E-state index is 9.05. The van der Waals surface area contributed by atoms with Gasteiger partial charge in [-0.1, -0.05) is 19.8 Å². The summed E-state index contributed by atoms with van der Waals surface area (Å²) >= 11 is 0. The number of fused-ring (bicyclic) bond motifs is 1. The van der Waals surface area contributed by atoms with E-state index < -0.39 is 0 Å². The van der Waals surface area contributed by atoms with Crippen LogP contribution in [0, 0.1) is 17.2 Å². The maximum Gasteiger partial charge on any atom is 0.201 e. The van der Waals surface area contributed by atoms with Crippen LogP contribution >= 0.6 is 0 Å². The SMILES string of the molecule is CC1CCCCC1n1c(N)nc2ccc(C#N)cc21. The summed E-state index contributed by atoms with van der Waals surface area (Å²) in [5.41, 5.74) is 8.65. The lowest BCUT2D eigenvalue weighted by Gasteiger charge is -2.31. The van der Waals surface area contributed by atoms with Gasteiger partial charge in [-0.25, -0.2) is 4.98 Å². The molecule has 1 fully saturated rings. The van der Waals surface area contributed by atoms with Crippen LogP contribution in [0.3, 0.4) is 0 Å². The quantitative estimate of drug-likeness (QED) is 0.849. The largest absolute Gasteiger partial charge is 0.369 e. The van der Waals surface area contributed by atoms with Crippen LogP contribution in [-0.2, 0) is 0 Å². The number of nitrogen functional groups attached to an aromatic ring is 1. The number of benzene rings is 1. The standard InChI is InChI=1S/C15H18N4/c1-10-4-2-3-5-13(10)19-14-8-11(9-16)6-7-12(14)18-15(19)17/h6-8,10,13H,2-5H2,1H3,(H2,17,18). The molecular formula is C15H18N4. The molecule has 1 heterocycles. The summed E-state index contributed by atoms with van der Waals surface area (Å²) in [5, 5.41) is 9.05. The van der Waals surface area contributed by atoms with E-state index in [4.69, 9.17) is 11.0 Å². The summed E-state index contributed by atoms with van der Waals surface area (Å²) < 4.78 is 2.14. The Morgan fingerprint density at radius 2 is 2.16 bits per heavy atom. The Labute approximate surface area is 112 Å². The molecule has 0 bridgehead atoms. The third-order valence-electron chi connectivity index (χ3n) is 4.24. The monoisotopic (exact) mass is 254 g/mol. The van der Waals surface area contributed by atoms with Gasteiger partial charge in [-0.2, -0.15) is 5.26 Å². The lowest BCUT2D eigenvalue weighted by molar-refractivity contribution is 0.264. The highest BCUT2D eigenvalue weighted by molar-refractivity contribution is 5.80. The van der Waals surface area contributed by atoms with E-state index in [-0.39, 0.29) is 0 Å². The molecule has 0 saturated heterocycles. The number of anilines is 1. The Morgan fingerprint density at radius 3 is 2.89 bits per heavy atom. The van der Waals surface area contributed by atoms with Crippen LogP contribution in [0.2, 0.25) is 0 Å². The predicted octanol–water partition coefficient (Wildman–Crippen LogP) is 3.24. The van der Waals surface area contributed by atoms with Crippen LogP contribution < -0.4 is 5.73 Å². The second-order valence-electron chi connectivity index (χ2n) is 5.48. The van der Waals surface area contributed by atoms with E-state index in [0.717, 1.165) is 17.5 Å². The van der Waals surface area contributed by atoms with Gasteiger partial charge in [-0.05, 0) is 37.0 Å². The molecule has 2 unspecified atom stereocenters. The third kappa shape index (κ3) is 1.95. The summed E-state index contributed by atoms with van der Waals surface area (Å²) in [6.07, 6.45) is 4.93. The van der Waals surface area contributed by atoms with Gasteiger partial charge in [0.2, 0.25) is 5.95 Å². The molecule has 0 spiro atoms. The number of nitrogens with two attached hydrogens (primary N) is 1. The van der Waals surface area contributed by atoms with Gasteiger partial charge in [0.25, 0.3) is 0 Å². The average Bonchev–Trinajstić information content (AvgIpc) is 2.74. The summed E-state index contributed by atoms with van der Waals surface area (Å²) in [4.78, 5) is 4.43. The fourth-order valence-electron chi connectivity index (χ4n) is 3.21. The van der Waals surface area contributed by atoms with Crippen LogP contribution in [-0.4, -0.2) is 9.55 Å². The van der Waals surface area contributed by atoms with Crippen molar-refractivity contribution in [3.05, 3.63) is 23.8 Å². The van der Waals surface area contributed by atoms with Crippen molar-refractivity contribution in [3.8, 4) is 6.07 Å². The summed E-state index contributed by atoms with van der Waals surface area (Å²) in [6.45, 7) is 2.28. The molecule has 1 aromatic heterocycles. The fourth-order valence-corrected chi connectivity index (χ4v) is 3.21. The van der Waals surface area contributed by atoms with Gasteiger partial charge in [0.1, 0.15) is 0 Å². The first-order chi connectivity index (χ1) is 9.20. The first-order valence-corrected chi connectivity index (χ1v) is 6.88. The molecule has 3 rings (SSSR count). The number of nitriles is 1. The smallest absolute Gasteiger partial charge is 0.201 e. The molecule has 2 atom stereocenters. The molecule has 1 saturated carbocycles. The van der Waals surface area contributed by atoms with E-state index >= 15 is 0 Å². The van der Waals surface area contributed by atoms with Crippen molar-refractivity contribution < 1.29 is 0 Å².